The number of esters is 1. The quantitative estimate of drug-likeness (QED) is 0.0900. The summed E-state index contributed by atoms with van der Waals surface area (Å²) in [6, 6.07) is 0. The lowest BCUT2D eigenvalue weighted by Gasteiger charge is -2.38. The summed E-state index contributed by atoms with van der Waals surface area (Å²) in [6.07, 6.45) is 5.88. The Bertz CT molecular complexity index is 923. The maximum atomic E-state index is 12.9. The van der Waals surface area contributed by atoms with E-state index >= 15 is 0 Å². The highest BCUT2D eigenvalue weighted by Crippen LogP contribution is 2.34. The van der Waals surface area contributed by atoms with E-state index in [0.29, 0.717) is 30.6 Å². The third kappa shape index (κ3) is 10.1. The first-order valence-corrected chi connectivity index (χ1v) is 13.0. The zero-order chi connectivity index (χ0) is 29.4. The van der Waals surface area contributed by atoms with Crippen LogP contribution in [0.15, 0.2) is 46.1 Å². The number of nitrogens with two attached hydrogens (primary N) is 1. The average Bonchev–Trinajstić information content (AvgIpc) is 2.90. The highest BCUT2D eigenvalue weighted by molar-refractivity contribution is 5.74. The number of carbonyl (C=O) groups is 2. The molecular formula is C28H45NO10. The molecule has 5 N–H and O–H groups in total. The van der Waals surface area contributed by atoms with Crippen molar-refractivity contribution in [2.24, 2.45) is 17.6 Å². The zero-order valence-electron chi connectivity index (χ0n) is 23.7. The topological polar surface area (TPSA) is 167 Å². The van der Waals surface area contributed by atoms with Crippen molar-refractivity contribution in [1.82, 2.24) is 0 Å². The standard InChI is InChI=1S/C28H45NO10/c1-19-14-20(2)26(36-5)23(8-6-7-10-30)21(3)25(33)16-22(15-19)39-28(18-32,38-11-9-29)24(17-31)27(34)37-13-12-35-4/h10,14,16,19,24,31-33H,6-9,11-13,15,17-18,29H2,1-5H3/b20-14-,22-16+,25-21+,26-23+. The molecule has 0 fully saturated rings. The van der Waals surface area contributed by atoms with Crippen LogP contribution in [0.2, 0.25) is 0 Å². The summed E-state index contributed by atoms with van der Waals surface area (Å²) < 4.78 is 27.7. The van der Waals surface area contributed by atoms with Crippen molar-refractivity contribution in [3.8, 4) is 0 Å². The molecule has 0 spiro atoms. The molecule has 11 nitrogen and oxygen atoms in total. The van der Waals surface area contributed by atoms with E-state index in [-0.39, 0.29) is 50.2 Å². The highest BCUT2D eigenvalue weighted by atomic mass is 16.7. The van der Waals surface area contributed by atoms with Gasteiger partial charge in [-0.2, -0.15) is 0 Å². The lowest BCUT2D eigenvalue weighted by atomic mass is 9.92. The van der Waals surface area contributed by atoms with E-state index in [9.17, 15) is 24.9 Å². The number of rotatable bonds is 17. The molecule has 0 saturated heterocycles. The molecule has 0 aromatic carbocycles. The fourth-order valence-electron chi connectivity index (χ4n) is 4.34. The van der Waals surface area contributed by atoms with Crippen molar-refractivity contribution in [1.29, 1.82) is 0 Å². The molecule has 222 valence electrons. The van der Waals surface area contributed by atoms with Crippen LogP contribution in [0.5, 0.6) is 0 Å². The minimum Gasteiger partial charge on any atom is -0.508 e. The number of ether oxygens (including phenoxy) is 5. The van der Waals surface area contributed by atoms with Crippen molar-refractivity contribution >= 4 is 12.3 Å². The van der Waals surface area contributed by atoms with Crippen LogP contribution in [0.3, 0.4) is 0 Å². The van der Waals surface area contributed by atoms with Gasteiger partial charge in [0.05, 0.1) is 26.9 Å². The van der Waals surface area contributed by atoms with Crippen molar-refractivity contribution < 1.29 is 48.6 Å². The average molecular weight is 556 g/mol. The normalized spacial score (nSPS) is 25.4. The predicted octanol–water partition coefficient (Wildman–Crippen LogP) is 2.44. The Hall–Kier alpha value is -2.70. The molecule has 0 aromatic heterocycles. The number of aldehydes is 1. The fraction of sp³-hybridized carbons (Fsp3) is 0.643. The number of hydrogen-bond donors (Lipinski definition) is 4. The van der Waals surface area contributed by atoms with E-state index < -0.39 is 30.9 Å². The van der Waals surface area contributed by atoms with Gasteiger partial charge in [0.2, 0.25) is 5.79 Å². The first-order valence-electron chi connectivity index (χ1n) is 13.0. The smallest absolute Gasteiger partial charge is 0.318 e. The molecule has 1 rings (SSSR count). The van der Waals surface area contributed by atoms with E-state index in [4.69, 9.17) is 29.4 Å². The molecule has 0 radical (unpaired) electrons. The number of methoxy groups -OCH3 is 2. The van der Waals surface area contributed by atoms with Crippen molar-refractivity contribution in [3.63, 3.8) is 0 Å². The van der Waals surface area contributed by atoms with E-state index in [1.54, 1.807) is 14.0 Å². The lowest BCUT2D eigenvalue weighted by Crippen LogP contribution is -2.53. The second-order valence-corrected chi connectivity index (χ2v) is 9.33. The minimum absolute atomic E-state index is 0.0539. The van der Waals surface area contributed by atoms with Crippen LogP contribution in [-0.4, -0.2) is 87.2 Å². The van der Waals surface area contributed by atoms with Gasteiger partial charge < -0.3 is 49.5 Å². The van der Waals surface area contributed by atoms with Gasteiger partial charge in [-0.15, -0.1) is 0 Å². The summed E-state index contributed by atoms with van der Waals surface area (Å²) in [5, 5.41) is 31.7. The van der Waals surface area contributed by atoms with Gasteiger partial charge in [0.1, 0.15) is 42.7 Å². The molecule has 0 amide bonds. The molecule has 0 aliphatic heterocycles. The molecule has 0 bridgehead atoms. The Kier molecular flexibility index (Phi) is 15.7. The Balaban J connectivity index is 3.64. The summed E-state index contributed by atoms with van der Waals surface area (Å²) in [5.74, 6) is -3.78. The maximum Gasteiger partial charge on any atom is 0.318 e. The van der Waals surface area contributed by atoms with Gasteiger partial charge in [-0.25, -0.2) is 0 Å². The third-order valence-corrected chi connectivity index (χ3v) is 6.30. The molecular weight excluding hydrogens is 510 g/mol. The second-order valence-electron chi connectivity index (χ2n) is 9.33. The SMILES string of the molecule is COCCOC(=O)C(CO)C(CO)(OCCN)O/C1=C/C(O)=C(C)\C(CCCC=O)=C(OC)/C(C)=C\C(C)C1. The minimum atomic E-state index is -2.04. The lowest BCUT2D eigenvalue weighted by molar-refractivity contribution is -0.270. The largest absolute Gasteiger partial charge is 0.508 e. The van der Waals surface area contributed by atoms with Crippen molar-refractivity contribution in [2.45, 2.75) is 52.2 Å². The number of hydrogen-bond acceptors (Lipinski definition) is 11. The van der Waals surface area contributed by atoms with Gasteiger partial charge in [-0.05, 0) is 43.8 Å². The van der Waals surface area contributed by atoms with Gasteiger partial charge in [-0.1, -0.05) is 13.0 Å². The first kappa shape index (κ1) is 34.3. The summed E-state index contributed by atoms with van der Waals surface area (Å²) in [7, 11) is 3.01. The first-order chi connectivity index (χ1) is 18.6. The van der Waals surface area contributed by atoms with Crippen LogP contribution < -0.4 is 5.73 Å². The summed E-state index contributed by atoms with van der Waals surface area (Å²) >= 11 is 0. The molecule has 39 heavy (non-hydrogen) atoms. The fourth-order valence-corrected chi connectivity index (χ4v) is 4.34. The number of allylic oxidation sites excluding steroid dienone is 6. The van der Waals surface area contributed by atoms with Crippen LogP contribution in [0.4, 0.5) is 0 Å². The third-order valence-electron chi connectivity index (χ3n) is 6.30. The molecule has 1 aliphatic carbocycles. The van der Waals surface area contributed by atoms with Gasteiger partial charge in [0, 0.05) is 38.1 Å². The molecule has 3 unspecified atom stereocenters. The summed E-state index contributed by atoms with van der Waals surface area (Å²) in [4.78, 5) is 23.8. The number of aliphatic hydroxyl groups excluding tert-OH is 3. The monoisotopic (exact) mass is 555 g/mol. The second kappa shape index (κ2) is 17.8. The van der Waals surface area contributed by atoms with Crippen molar-refractivity contribution in [2.75, 3.05) is 53.8 Å². The van der Waals surface area contributed by atoms with Crippen LogP contribution in [0.25, 0.3) is 0 Å². The molecule has 0 aromatic rings. The Morgan fingerprint density at radius 1 is 1.23 bits per heavy atom. The molecule has 11 heteroatoms. The zero-order valence-corrected chi connectivity index (χ0v) is 23.7. The van der Waals surface area contributed by atoms with Crippen LogP contribution >= 0.6 is 0 Å². The van der Waals surface area contributed by atoms with Gasteiger partial charge in [-0.3, -0.25) is 4.79 Å². The Morgan fingerprint density at radius 3 is 2.51 bits per heavy atom. The van der Waals surface area contributed by atoms with E-state index in [1.165, 1.54) is 13.2 Å². The van der Waals surface area contributed by atoms with Crippen LogP contribution in [0.1, 0.15) is 46.5 Å². The van der Waals surface area contributed by atoms with Gasteiger partial charge in [0.15, 0.2) is 0 Å². The Labute approximate surface area is 230 Å². The maximum absolute atomic E-state index is 12.9. The molecule has 0 saturated carbocycles. The number of aliphatic hydroxyl groups is 3. The van der Waals surface area contributed by atoms with Crippen LogP contribution in [0, 0.1) is 11.8 Å². The molecule has 3 atom stereocenters. The number of unbranched alkanes of at least 4 members (excludes halogenated alkanes) is 1. The summed E-state index contributed by atoms with van der Waals surface area (Å²) in [5.41, 5.74) is 7.71. The summed E-state index contributed by atoms with van der Waals surface area (Å²) in [6.45, 7) is 4.02. The van der Waals surface area contributed by atoms with Gasteiger partial charge in [0.25, 0.3) is 0 Å². The Morgan fingerprint density at radius 2 is 1.95 bits per heavy atom. The predicted molar refractivity (Wildman–Crippen MR) is 144 cm³/mol. The highest BCUT2D eigenvalue weighted by Gasteiger charge is 2.48. The van der Waals surface area contributed by atoms with Crippen molar-refractivity contribution in [3.05, 3.63) is 46.1 Å². The molecule has 0 heterocycles. The van der Waals surface area contributed by atoms with Crippen LogP contribution in [-0.2, 0) is 33.3 Å². The molecule has 1 aliphatic rings. The van der Waals surface area contributed by atoms with E-state index in [2.05, 4.69) is 0 Å². The van der Waals surface area contributed by atoms with E-state index in [1.807, 2.05) is 19.9 Å². The number of carbonyl (C=O) groups excluding carboxylic acids is 2. The van der Waals surface area contributed by atoms with E-state index in [0.717, 1.165) is 17.4 Å². The van der Waals surface area contributed by atoms with Gasteiger partial charge >= 0.3 is 5.97 Å².